The predicted molar refractivity (Wildman–Crippen MR) is 115 cm³/mol. The molecule has 2 N–H and O–H groups in total. The maximum absolute atomic E-state index is 14.4. The molecule has 1 amide bonds. The summed E-state index contributed by atoms with van der Waals surface area (Å²) >= 11 is 0. The summed E-state index contributed by atoms with van der Waals surface area (Å²) in [5.74, 6) is -0.824. The number of phenols is 2. The first-order valence-corrected chi connectivity index (χ1v) is 10.7. The van der Waals surface area contributed by atoms with E-state index in [1.165, 1.54) is 12.1 Å². The second-order valence-electron chi connectivity index (χ2n) is 8.96. The van der Waals surface area contributed by atoms with E-state index < -0.39 is 11.4 Å². The Bertz CT molecular complexity index is 928. The topological polar surface area (TPSA) is 92.1 Å². The van der Waals surface area contributed by atoms with Gasteiger partial charge in [0.15, 0.2) is 0 Å². The van der Waals surface area contributed by atoms with Crippen molar-refractivity contribution in [3.8, 4) is 11.5 Å². The third-order valence-corrected chi connectivity index (χ3v) is 5.19. The van der Waals surface area contributed by atoms with Gasteiger partial charge in [-0.05, 0) is 52.9 Å². The quantitative estimate of drug-likeness (QED) is 0.672. The molecule has 1 atom stereocenters. The van der Waals surface area contributed by atoms with Crippen molar-refractivity contribution in [3.05, 3.63) is 29.7 Å². The number of halogens is 1. The molecule has 0 bridgehead atoms. The average Bonchev–Trinajstić information content (AvgIpc) is 2.91. The molecule has 170 valence electrons. The minimum Gasteiger partial charge on any atom is -0.508 e. The minimum absolute atomic E-state index is 0.0978. The maximum atomic E-state index is 14.4. The van der Waals surface area contributed by atoms with Crippen LogP contribution in [0.15, 0.2) is 18.3 Å². The summed E-state index contributed by atoms with van der Waals surface area (Å²) in [5, 5.41) is 20.1. The van der Waals surface area contributed by atoms with Gasteiger partial charge in [0.25, 0.3) is 0 Å². The van der Waals surface area contributed by atoms with Gasteiger partial charge >= 0.3 is 6.09 Å². The Morgan fingerprint density at radius 3 is 2.81 bits per heavy atom. The van der Waals surface area contributed by atoms with Gasteiger partial charge in [0, 0.05) is 36.2 Å². The molecule has 1 aromatic heterocycles. The fourth-order valence-corrected chi connectivity index (χ4v) is 3.81. The number of hydrogen-bond donors (Lipinski definition) is 2. The number of fused-ring (bicyclic) bond motifs is 1. The molecule has 1 saturated heterocycles. The summed E-state index contributed by atoms with van der Waals surface area (Å²) in [6.45, 7) is 7.05. The number of aromatic hydroxyl groups is 2. The van der Waals surface area contributed by atoms with Gasteiger partial charge in [0.2, 0.25) is 0 Å². The number of benzene rings is 1. The van der Waals surface area contributed by atoms with Crippen LogP contribution in [0.3, 0.4) is 0 Å². The van der Waals surface area contributed by atoms with Crippen LogP contribution in [0.2, 0.25) is 0 Å². The van der Waals surface area contributed by atoms with E-state index in [-0.39, 0.29) is 23.7 Å². The number of carbonyl (C=O) groups is 1. The molecule has 31 heavy (non-hydrogen) atoms. The van der Waals surface area contributed by atoms with E-state index in [4.69, 9.17) is 9.47 Å². The van der Waals surface area contributed by atoms with Crippen LogP contribution in [0.5, 0.6) is 11.5 Å². The lowest BCUT2D eigenvalue weighted by Crippen LogP contribution is -2.41. The Balaban J connectivity index is 1.58. The zero-order valence-corrected chi connectivity index (χ0v) is 18.4. The molecular formula is C23H31FN2O5. The van der Waals surface area contributed by atoms with Gasteiger partial charge in [-0.15, -0.1) is 0 Å². The van der Waals surface area contributed by atoms with E-state index in [9.17, 15) is 19.4 Å². The van der Waals surface area contributed by atoms with Gasteiger partial charge in [0.05, 0.1) is 24.4 Å². The molecule has 0 unspecified atom stereocenters. The predicted octanol–water partition coefficient (Wildman–Crippen LogP) is 4.52. The first kappa shape index (κ1) is 23.1. The summed E-state index contributed by atoms with van der Waals surface area (Å²) in [5.41, 5.74) is 0.147. The maximum Gasteiger partial charge on any atom is 0.410 e. The minimum atomic E-state index is -0.542. The van der Waals surface area contributed by atoms with Crippen LogP contribution in [-0.4, -0.2) is 57.6 Å². The monoisotopic (exact) mass is 434 g/mol. The van der Waals surface area contributed by atoms with Crippen molar-refractivity contribution in [2.45, 2.75) is 64.6 Å². The van der Waals surface area contributed by atoms with Gasteiger partial charge in [-0.1, -0.05) is 0 Å². The van der Waals surface area contributed by atoms with Crippen molar-refractivity contribution in [2.75, 3.05) is 19.7 Å². The summed E-state index contributed by atoms with van der Waals surface area (Å²) in [7, 11) is 0. The highest BCUT2D eigenvalue weighted by Gasteiger charge is 2.26. The Hall–Kier alpha value is -2.61. The van der Waals surface area contributed by atoms with E-state index in [1.807, 2.05) is 20.8 Å². The molecule has 1 aliphatic rings. The number of phenolic OH excluding ortho intramolecular Hbond substituents is 2. The molecule has 7 nitrogen and oxygen atoms in total. The molecular weight excluding hydrogens is 403 g/mol. The van der Waals surface area contributed by atoms with Crippen molar-refractivity contribution in [3.63, 3.8) is 0 Å². The fourth-order valence-electron chi connectivity index (χ4n) is 3.81. The van der Waals surface area contributed by atoms with E-state index in [0.717, 1.165) is 25.5 Å². The van der Waals surface area contributed by atoms with E-state index in [2.05, 4.69) is 4.98 Å². The average molecular weight is 435 g/mol. The van der Waals surface area contributed by atoms with Crippen LogP contribution in [0.1, 0.15) is 52.0 Å². The van der Waals surface area contributed by atoms with Crippen LogP contribution in [0.25, 0.3) is 10.9 Å². The first-order chi connectivity index (χ1) is 14.6. The second-order valence-corrected chi connectivity index (χ2v) is 8.96. The van der Waals surface area contributed by atoms with Crippen molar-refractivity contribution in [2.24, 2.45) is 0 Å². The fraction of sp³-hybridized carbons (Fsp3) is 0.565. The molecule has 1 aliphatic heterocycles. The van der Waals surface area contributed by atoms with Crippen LogP contribution < -0.4 is 0 Å². The number of amides is 1. The Morgan fingerprint density at radius 2 is 2.06 bits per heavy atom. The smallest absolute Gasteiger partial charge is 0.410 e. The van der Waals surface area contributed by atoms with Crippen LogP contribution in [0, 0.1) is 5.82 Å². The second kappa shape index (κ2) is 9.68. The largest absolute Gasteiger partial charge is 0.508 e. The zero-order valence-electron chi connectivity index (χ0n) is 18.4. The number of carbonyl (C=O) groups excluding carboxylic acids is 1. The Kier molecular flexibility index (Phi) is 7.20. The normalized spacial score (nSPS) is 17.5. The molecule has 2 aromatic rings. The molecule has 2 heterocycles. The summed E-state index contributed by atoms with van der Waals surface area (Å²) in [4.78, 5) is 18.1. The van der Waals surface area contributed by atoms with Gasteiger partial charge in [0.1, 0.15) is 22.9 Å². The summed E-state index contributed by atoms with van der Waals surface area (Å²) in [6.07, 6.45) is 4.29. The number of ether oxygens (including phenoxy) is 2. The molecule has 1 fully saturated rings. The van der Waals surface area contributed by atoms with Crippen LogP contribution >= 0.6 is 0 Å². The lowest BCUT2D eigenvalue weighted by molar-refractivity contribution is 0.000748. The number of aryl methyl sites for hydroxylation is 1. The number of aromatic nitrogens is 1. The van der Waals surface area contributed by atoms with E-state index >= 15 is 0 Å². The third-order valence-electron chi connectivity index (χ3n) is 5.19. The highest BCUT2D eigenvalue weighted by atomic mass is 19.1. The number of rotatable bonds is 5. The van der Waals surface area contributed by atoms with Gasteiger partial charge < -0.3 is 24.6 Å². The van der Waals surface area contributed by atoms with Crippen LogP contribution in [0.4, 0.5) is 9.18 Å². The number of nitrogens with zero attached hydrogens (tertiary/aromatic N) is 2. The van der Waals surface area contributed by atoms with Gasteiger partial charge in [-0.2, -0.15) is 0 Å². The molecule has 8 heteroatoms. The Morgan fingerprint density at radius 1 is 1.29 bits per heavy atom. The van der Waals surface area contributed by atoms with Crippen molar-refractivity contribution in [1.29, 1.82) is 0 Å². The van der Waals surface area contributed by atoms with Crippen LogP contribution in [-0.2, 0) is 15.9 Å². The number of pyridine rings is 1. The highest BCUT2D eigenvalue weighted by Crippen LogP contribution is 2.33. The number of likely N-dealkylation sites (tertiary alicyclic amines) is 1. The summed E-state index contributed by atoms with van der Waals surface area (Å²) in [6, 6.07) is 2.57. The Labute approximate surface area is 181 Å². The van der Waals surface area contributed by atoms with Crippen molar-refractivity contribution in [1.82, 2.24) is 9.88 Å². The SMILES string of the molecule is CC(C)(C)OC(=O)N1CCCC[C@@H](OCCCc2c(F)cnc3cc(O)cc(O)c23)C1. The third kappa shape index (κ3) is 6.19. The van der Waals surface area contributed by atoms with E-state index in [1.54, 1.807) is 4.90 Å². The van der Waals surface area contributed by atoms with Gasteiger partial charge in [-0.3, -0.25) is 4.98 Å². The van der Waals surface area contributed by atoms with E-state index in [0.29, 0.717) is 49.0 Å². The molecule has 0 saturated carbocycles. The molecule has 0 radical (unpaired) electrons. The first-order valence-electron chi connectivity index (χ1n) is 10.7. The standard InChI is InChI=1S/C23H31FN2O5/c1-23(2,3)31-22(29)26-9-5-4-7-16(14-26)30-10-6-8-17-18(24)13-25-19-11-15(27)12-20(28)21(17)19/h11-13,16,27-28H,4-10,14H2,1-3H3/t16-/m1/s1. The molecule has 1 aromatic carbocycles. The zero-order chi connectivity index (χ0) is 22.6. The van der Waals surface area contributed by atoms with Crippen molar-refractivity contribution < 1.29 is 28.9 Å². The molecule has 0 aliphatic carbocycles. The van der Waals surface area contributed by atoms with Crippen molar-refractivity contribution >= 4 is 17.0 Å². The lowest BCUT2D eigenvalue weighted by Gasteiger charge is -2.28. The number of hydrogen-bond acceptors (Lipinski definition) is 6. The summed E-state index contributed by atoms with van der Waals surface area (Å²) < 4.78 is 25.9. The molecule has 0 spiro atoms. The lowest BCUT2D eigenvalue weighted by atomic mass is 10.0. The van der Waals surface area contributed by atoms with Gasteiger partial charge in [-0.25, -0.2) is 9.18 Å². The highest BCUT2D eigenvalue weighted by molar-refractivity contribution is 5.89. The molecule has 3 rings (SSSR count).